The lowest BCUT2D eigenvalue weighted by molar-refractivity contribution is -0.117. The van der Waals surface area contributed by atoms with Crippen LogP contribution in [0.4, 0.5) is 0 Å². The minimum atomic E-state index is -0.467. The first-order valence-electron chi connectivity index (χ1n) is 8.09. The molecule has 2 aromatic rings. The van der Waals surface area contributed by atoms with Crippen LogP contribution in [0.15, 0.2) is 52.5 Å². The first kappa shape index (κ1) is 19.5. The summed E-state index contributed by atoms with van der Waals surface area (Å²) in [5, 5.41) is 22.1. The number of hydrogen-bond acceptors (Lipinski definition) is 4. The highest BCUT2D eigenvalue weighted by Crippen LogP contribution is 2.36. The summed E-state index contributed by atoms with van der Waals surface area (Å²) in [5.74, 6) is -0.209. The molecule has 0 aliphatic heterocycles. The number of nitriles is 1. The predicted octanol–water partition coefficient (Wildman–Crippen LogP) is 4.34. The second-order valence-corrected chi connectivity index (χ2v) is 6.41. The number of carbonyl (C=O) groups is 1. The first-order valence-corrected chi connectivity index (χ1v) is 8.88. The van der Waals surface area contributed by atoms with Gasteiger partial charge in [0.25, 0.3) is 5.91 Å². The Kier molecular flexibility index (Phi) is 6.81. The fourth-order valence-corrected chi connectivity index (χ4v) is 2.82. The van der Waals surface area contributed by atoms with Crippen LogP contribution in [0.3, 0.4) is 0 Å². The van der Waals surface area contributed by atoms with E-state index in [4.69, 9.17) is 4.74 Å². The first-order chi connectivity index (χ1) is 12.5. The summed E-state index contributed by atoms with van der Waals surface area (Å²) in [4.78, 5) is 12.4. The standard InChI is InChI=1S/C20H19BrN2O3/c1-3-26-18-11-14(10-17(21)19(18)24)9-16(12-22)20(25)23-13(2)15-7-5-4-6-8-15/h4-11,13,24H,3H2,1-2H3,(H,23,25)/b16-9+/t13-/m0/s1. The molecule has 0 aliphatic rings. The maximum absolute atomic E-state index is 12.4. The Morgan fingerprint density at radius 2 is 2.08 bits per heavy atom. The van der Waals surface area contributed by atoms with Crippen molar-refractivity contribution in [3.8, 4) is 17.6 Å². The number of amides is 1. The van der Waals surface area contributed by atoms with Gasteiger partial charge in [0.15, 0.2) is 11.5 Å². The Morgan fingerprint density at radius 3 is 2.69 bits per heavy atom. The molecule has 1 atom stereocenters. The van der Waals surface area contributed by atoms with Gasteiger partial charge in [-0.2, -0.15) is 5.26 Å². The van der Waals surface area contributed by atoms with Gasteiger partial charge in [-0.1, -0.05) is 30.3 Å². The van der Waals surface area contributed by atoms with Gasteiger partial charge in [0.2, 0.25) is 0 Å². The summed E-state index contributed by atoms with van der Waals surface area (Å²) < 4.78 is 5.78. The molecule has 1 amide bonds. The molecule has 0 spiro atoms. The fourth-order valence-electron chi connectivity index (χ4n) is 2.36. The molecule has 134 valence electrons. The summed E-state index contributed by atoms with van der Waals surface area (Å²) in [7, 11) is 0. The highest BCUT2D eigenvalue weighted by molar-refractivity contribution is 9.10. The molecule has 2 aromatic carbocycles. The van der Waals surface area contributed by atoms with E-state index in [0.717, 1.165) is 5.56 Å². The molecule has 0 fully saturated rings. The lowest BCUT2D eigenvalue weighted by atomic mass is 10.1. The molecule has 5 nitrogen and oxygen atoms in total. The molecule has 0 heterocycles. The Balaban J connectivity index is 2.24. The number of benzene rings is 2. The SMILES string of the molecule is CCOc1cc(/C=C(\C#N)C(=O)N[C@@H](C)c2ccccc2)cc(Br)c1O. The molecular weight excluding hydrogens is 396 g/mol. The number of carbonyl (C=O) groups excluding carboxylic acids is 1. The highest BCUT2D eigenvalue weighted by Gasteiger charge is 2.15. The molecule has 0 unspecified atom stereocenters. The van der Waals surface area contributed by atoms with Gasteiger partial charge in [0.05, 0.1) is 17.1 Å². The molecule has 0 aromatic heterocycles. The van der Waals surface area contributed by atoms with E-state index in [1.165, 1.54) is 6.08 Å². The maximum Gasteiger partial charge on any atom is 0.262 e. The number of hydrogen-bond donors (Lipinski definition) is 2. The molecule has 2 N–H and O–H groups in total. The van der Waals surface area contributed by atoms with Crippen LogP contribution in [-0.2, 0) is 4.79 Å². The van der Waals surface area contributed by atoms with Crippen molar-refractivity contribution in [3.05, 3.63) is 63.6 Å². The van der Waals surface area contributed by atoms with Crippen molar-refractivity contribution in [1.82, 2.24) is 5.32 Å². The van der Waals surface area contributed by atoms with Crippen LogP contribution in [0.2, 0.25) is 0 Å². The van der Waals surface area contributed by atoms with E-state index in [1.54, 1.807) is 19.1 Å². The zero-order valence-electron chi connectivity index (χ0n) is 14.5. The van der Waals surface area contributed by atoms with Crippen LogP contribution in [0, 0.1) is 11.3 Å². The lowest BCUT2D eigenvalue weighted by Crippen LogP contribution is -2.27. The van der Waals surface area contributed by atoms with Gasteiger partial charge >= 0.3 is 0 Å². The molecule has 2 rings (SSSR count). The van der Waals surface area contributed by atoms with Gasteiger partial charge in [0.1, 0.15) is 11.6 Å². The number of phenolic OH excluding ortho intramolecular Hbond substituents is 1. The third kappa shape index (κ3) is 4.87. The molecule has 0 saturated carbocycles. The van der Waals surface area contributed by atoms with E-state index in [9.17, 15) is 15.2 Å². The predicted molar refractivity (Wildman–Crippen MR) is 104 cm³/mol. The largest absolute Gasteiger partial charge is 0.503 e. The van der Waals surface area contributed by atoms with Crippen LogP contribution < -0.4 is 10.1 Å². The normalized spacial score (nSPS) is 12.2. The molecule has 0 radical (unpaired) electrons. The van der Waals surface area contributed by atoms with Gasteiger partial charge in [-0.05, 0) is 59.1 Å². The van der Waals surface area contributed by atoms with Gasteiger partial charge in [-0.3, -0.25) is 4.79 Å². The van der Waals surface area contributed by atoms with E-state index in [0.29, 0.717) is 16.6 Å². The summed E-state index contributed by atoms with van der Waals surface area (Å²) in [6.45, 7) is 4.04. The van der Waals surface area contributed by atoms with Crippen LogP contribution in [0.25, 0.3) is 6.08 Å². The zero-order chi connectivity index (χ0) is 19.1. The molecule has 0 aliphatic carbocycles. The number of ether oxygens (including phenoxy) is 1. The van der Waals surface area contributed by atoms with Crippen molar-refractivity contribution in [2.45, 2.75) is 19.9 Å². The van der Waals surface area contributed by atoms with Crippen molar-refractivity contribution in [1.29, 1.82) is 5.26 Å². The van der Waals surface area contributed by atoms with Gasteiger partial charge in [-0.15, -0.1) is 0 Å². The second-order valence-electron chi connectivity index (χ2n) is 5.56. The second kappa shape index (κ2) is 9.07. The topological polar surface area (TPSA) is 82.3 Å². The summed E-state index contributed by atoms with van der Waals surface area (Å²) in [6, 6.07) is 14.4. The third-order valence-corrected chi connectivity index (χ3v) is 4.28. The maximum atomic E-state index is 12.4. The van der Waals surface area contributed by atoms with Crippen LogP contribution in [-0.4, -0.2) is 17.6 Å². The van der Waals surface area contributed by atoms with E-state index < -0.39 is 5.91 Å². The fraction of sp³-hybridized carbons (Fsp3) is 0.200. The Labute approximate surface area is 161 Å². The molecule has 26 heavy (non-hydrogen) atoms. The van der Waals surface area contributed by atoms with Crippen LogP contribution in [0.1, 0.15) is 31.0 Å². The van der Waals surface area contributed by atoms with E-state index >= 15 is 0 Å². The summed E-state index contributed by atoms with van der Waals surface area (Å²) in [6.07, 6.45) is 1.46. The van der Waals surface area contributed by atoms with E-state index in [1.807, 2.05) is 43.3 Å². The van der Waals surface area contributed by atoms with Crippen LogP contribution >= 0.6 is 15.9 Å². The van der Waals surface area contributed by atoms with Crippen LogP contribution in [0.5, 0.6) is 11.5 Å². The van der Waals surface area contributed by atoms with Crippen molar-refractivity contribution >= 4 is 27.9 Å². The van der Waals surface area contributed by atoms with Crippen molar-refractivity contribution in [2.24, 2.45) is 0 Å². The Bertz CT molecular complexity index is 857. The number of halogens is 1. The van der Waals surface area contributed by atoms with E-state index in [-0.39, 0.29) is 23.1 Å². The zero-order valence-corrected chi connectivity index (χ0v) is 16.1. The average Bonchev–Trinajstić information content (AvgIpc) is 2.64. The smallest absolute Gasteiger partial charge is 0.262 e. The number of phenols is 1. The number of nitrogens with zero attached hydrogens (tertiary/aromatic N) is 1. The van der Waals surface area contributed by atoms with Gasteiger partial charge < -0.3 is 15.2 Å². The number of rotatable bonds is 6. The molecule has 0 bridgehead atoms. The van der Waals surface area contributed by atoms with Crippen molar-refractivity contribution in [2.75, 3.05) is 6.61 Å². The number of nitrogens with one attached hydrogen (secondary N) is 1. The summed E-state index contributed by atoms with van der Waals surface area (Å²) >= 11 is 3.24. The minimum Gasteiger partial charge on any atom is -0.503 e. The van der Waals surface area contributed by atoms with Crippen molar-refractivity contribution < 1.29 is 14.6 Å². The van der Waals surface area contributed by atoms with Gasteiger partial charge in [0, 0.05) is 0 Å². The Morgan fingerprint density at radius 1 is 1.38 bits per heavy atom. The molecular formula is C20H19BrN2O3. The molecule has 6 heteroatoms. The third-order valence-electron chi connectivity index (χ3n) is 3.67. The number of aromatic hydroxyl groups is 1. The quantitative estimate of drug-likeness (QED) is 0.543. The minimum absolute atomic E-state index is 0.0235. The lowest BCUT2D eigenvalue weighted by Gasteiger charge is -2.14. The highest BCUT2D eigenvalue weighted by atomic mass is 79.9. The van der Waals surface area contributed by atoms with Gasteiger partial charge in [-0.25, -0.2) is 0 Å². The molecule has 0 saturated heterocycles. The average molecular weight is 415 g/mol. The summed E-state index contributed by atoms with van der Waals surface area (Å²) in [5.41, 5.74) is 1.48. The monoisotopic (exact) mass is 414 g/mol. The van der Waals surface area contributed by atoms with E-state index in [2.05, 4.69) is 21.2 Å². The Hall–Kier alpha value is -2.78. The van der Waals surface area contributed by atoms with Crippen molar-refractivity contribution in [3.63, 3.8) is 0 Å².